The van der Waals surface area contributed by atoms with Crippen molar-refractivity contribution in [2.24, 2.45) is 0 Å². The maximum Gasteiger partial charge on any atom is 0.334 e. The number of ether oxygens (including phenoxy) is 1. The minimum atomic E-state index is -0.985. The molecular formula is C11H13BrN2O5. The zero-order chi connectivity index (χ0) is 14.6. The van der Waals surface area contributed by atoms with Crippen molar-refractivity contribution in [2.45, 2.75) is 19.4 Å². The third-order valence-corrected chi connectivity index (χ3v) is 3.02. The number of aliphatic carboxylic acids is 1. The van der Waals surface area contributed by atoms with Crippen LogP contribution in [0.25, 0.3) is 0 Å². The predicted octanol–water partition coefficient (Wildman–Crippen LogP) is 2.64. The summed E-state index contributed by atoms with van der Waals surface area (Å²) in [5.41, 5.74) is -0.0211. The van der Waals surface area contributed by atoms with Crippen LogP contribution in [-0.2, 0) is 4.79 Å². The van der Waals surface area contributed by atoms with E-state index < -0.39 is 16.9 Å². The van der Waals surface area contributed by atoms with Crippen LogP contribution in [0, 0.1) is 10.1 Å². The average molecular weight is 333 g/mol. The second-order valence-electron chi connectivity index (χ2n) is 3.87. The number of carboxylic acid groups (broad SMARTS) is 1. The van der Waals surface area contributed by atoms with E-state index in [-0.39, 0.29) is 23.5 Å². The lowest BCUT2D eigenvalue weighted by molar-refractivity contribution is -0.384. The molecule has 1 aromatic carbocycles. The number of nitrogens with zero attached hydrogens (tertiary/aromatic N) is 1. The van der Waals surface area contributed by atoms with Crippen LogP contribution in [0.15, 0.2) is 16.6 Å². The number of hydrogen-bond donors (Lipinski definition) is 2. The molecule has 7 nitrogen and oxygen atoms in total. The normalized spacial score (nSPS) is 11.7. The van der Waals surface area contributed by atoms with Crippen LogP contribution in [0.2, 0.25) is 0 Å². The number of anilines is 1. The third-order valence-electron chi connectivity index (χ3n) is 2.36. The van der Waals surface area contributed by atoms with Crippen LogP contribution in [-0.4, -0.2) is 29.2 Å². The Bertz CT molecular complexity index is 506. The lowest BCUT2D eigenvalue weighted by Crippen LogP contribution is -2.20. The van der Waals surface area contributed by atoms with Crippen molar-refractivity contribution < 1.29 is 19.6 Å². The van der Waals surface area contributed by atoms with E-state index in [0.29, 0.717) is 4.47 Å². The molecule has 0 fully saturated rings. The Hall–Kier alpha value is -1.83. The average Bonchev–Trinajstić information content (AvgIpc) is 2.29. The van der Waals surface area contributed by atoms with Crippen molar-refractivity contribution in [2.75, 3.05) is 12.4 Å². The largest absolute Gasteiger partial charge is 0.490 e. The maximum absolute atomic E-state index is 11.1. The van der Waals surface area contributed by atoms with E-state index in [2.05, 4.69) is 21.2 Å². The first-order valence-electron chi connectivity index (χ1n) is 5.36. The highest BCUT2D eigenvalue weighted by Gasteiger charge is 2.24. The van der Waals surface area contributed by atoms with Gasteiger partial charge in [-0.05, 0) is 35.0 Å². The van der Waals surface area contributed by atoms with Crippen molar-refractivity contribution in [3.63, 3.8) is 0 Å². The van der Waals surface area contributed by atoms with Crippen molar-refractivity contribution in [3.05, 3.63) is 26.7 Å². The summed E-state index contributed by atoms with van der Waals surface area (Å²) in [6.45, 7) is 1.63. The monoisotopic (exact) mass is 332 g/mol. The lowest BCUT2D eigenvalue weighted by Gasteiger charge is -2.15. The van der Waals surface area contributed by atoms with Crippen molar-refractivity contribution in [3.8, 4) is 5.75 Å². The molecule has 1 rings (SSSR count). The number of carbonyl (C=O) groups is 1. The third kappa shape index (κ3) is 3.82. The summed E-state index contributed by atoms with van der Waals surface area (Å²) in [6.07, 6.45) is -0.152. The van der Waals surface area contributed by atoms with Gasteiger partial charge in [-0.1, -0.05) is 0 Å². The van der Waals surface area contributed by atoms with Gasteiger partial charge in [0, 0.05) is 10.5 Å². The van der Waals surface area contributed by atoms with E-state index in [1.54, 1.807) is 13.0 Å². The van der Waals surface area contributed by atoms with E-state index in [9.17, 15) is 14.9 Å². The van der Waals surface area contributed by atoms with E-state index in [0.717, 1.165) is 0 Å². The molecule has 0 aliphatic heterocycles. The molecule has 2 N–H and O–H groups in total. The van der Waals surface area contributed by atoms with Gasteiger partial charge in [-0.15, -0.1) is 0 Å². The summed E-state index contributed by atoms with van der Waals surface area (Å²) in [5, 5.41) is 22.6. The summed E-state index contributed by atoms with van der Waals surface area (Å²) in [6, 6.07) is 2.61. The summed E-state index contributed by atoms with van der Waals surface area (Å²) in [7, 11) is 1.33. The highest BCUT2D eigenvalue weighted by molar-refractivity contribution is 9.10. The molecule has 0 bridgehead atoms. The highest BCUT2D eigenvalue weighted by Crippen LogP contribution is 2.40. The first-order chi connectivity index (χ1) is 8.86. The molecule has 0 amide bonds. The van der Waals surface area contributed by atoms with Gasteiger partial charge < -0.3 is 15.2 Å². The van der Waals surface area contributed by atoms with Crippen LogP contribution in [0.4, 0.5) is 11.4 Å². The van der Waals surface area contributed by atoms with Crippen LogP contribution >= 0.6 is 15.9 Å². The Kier molecular flexibility index (Phi) is 5.11. The molecule has 1 atom stereocenters. The Morgan fingerprint density at radius 2 is 2.26 bits per heavy atom. The van der Waals surface area contributed by atoms with Gasteiger partial charge >= 0.3 is 11.7 Å². The zero-order valence-electron chi connectivity index (χ0n) is 10.3. The number of rotatable bonds is 6. The lowest BCUT2D eigenvalue weighted by atomic mass is 10.2. The minimum Gasteiger partial charge on any atom is -0.490 e. The predicted molar refractivity (Wildman–Crippen MR) is 72.7 cm³/mol. The number of halogens is 1. The molecular weight excluding hydrogens is 320 g/mol. The summed E-state index contributed by atoms with van der Waals surface area (Å²) >= 11 is 3.20. The molecule has 0 radical (unpaired) electrons. The van der Waals surface area contributed by atoms with Crippen LogP contribution < -0.4 is 10.1 Å². The van der Waals surface area contributed by atoms with E-state index in [1.807, 2.05) is 0 Å². The van der Waals surface area contributed by atoms with Gasteiger partial charge in [-0.25, -0.2) is 0 Å². The topological polar surface area (TPSA) is 102 Å². The number of nitro groups is 1. The number of benzene rings is 1. The van der Waals surface area contributed by atoms with Crippen LogP contribution in [0.3, 0.4) is 0 Å². The molecule has 19 heavy (non-hydrogen) atoms. The number of methoxy groups -OCH3 is 1. The molecule has 0 saturated heterocycles. The molecule has 0 heterocycles. The SMILES string of the molecule is COc1ccc(Br)c(N[C@H](C)CC(=O)O)c1[N+](=O)[O-]. The number of nitrogens with one attached hydrogen (secondary N) is 1. The van der Waals surface area contributed by atoms with E-state index in [4.69, 9.17) is 9.84 Å². The van der Waals surface area contributed by atoms with Gasteiger partial charge in [0.15, 0.2) is 5.75 Å². The molecule has 0 spiro atoms. The Balaban J connectivity index is 3.17. The zero-order valence-corrected chi connectivity index (χ0v) is 11.9. The molecule has 0 aliphatic rings. The Morgan fingerprint density at radius 1 is 1.63 bits per heavy atom. The standard InChI is InChI=1S/C11H13BrN2O5/c1-6(5-9(15)16)13-10-7(12)3-4-8(19-2)11(10)14(17)18/h3-4,6,13H,5H2,1-2H3,(H,15,16)/t6-/m1/s1. The highest BCUT2D eigenvalue weighted by atomic mass is 79.9. The summed E-state index contributed by atoms with van der Waals surface area (Å²) in [4.78, 5) is 21.2. The van der Waals surface area contributed by atoms with Crippen LogP contribution in [0.5, 0.6) is 5.75 Å². The Labute approximate surface area is 117 Å². The Morgan fingerprint density at radius 3 is 2.74 bits per heavy atom. The molecule has 1 aromatic rings. The van der Waals surface area contributed by atoms with Gasteiger partial charge in [0.2, 0.25) is 0 Å². The molecule has 0 unspecified atom stereocenters. The van der Waals surface area contributed by atoms with Crippen molar-refractivity contribution >= 4 is 33.3 Å². The van der Waals surface area contributed by atoms with Gasteiger partial charge in [0.1, 0.15) is 5.69 Å². The molecule has 0 saturated carbocycles. The minimum absolute atomic E-state index is 0.109. The molecule has 8 heteroatoms. The fraction of sp³-hybridized carbons (Fsp3) is 0.364. The summed E-state index contributed by atoms with van der Waals surface area (Å²) in [5.74, 6) is -0.875. The smallest absolute Gasteiger partial charge is 0.334 e. The van der Waals surface area contributed by atoms with Crippen molar-refractivity contribution in [1.29, 1.82) is 0 Å². The quantitative estimate of drug-likeness (QED) is 0.613. The van der Waals surface area contributed by atoms with Gasteiger partial charge in [0.25, 0.3) is 0 Å². The number of nitro benzene ring substituents is 1. The van der Waals surface area contributed by atoms with Crippen molar-refractivity contribution in [1.82, 2.24) is 0 Å². The first-order valence-corrected chi connectivity index (χ1v) is 6.15. The van der Waals surface area contributed by atoms with Gasteiger partial charge in [0.05, 0.1) is 18.5 Å². The molecule has 0 aromatic heterocycles. The fourth-order valence-electron chi connectivity index (χ4n) is 1.59. The second-order valence-corrected chi connectivity index (χ2v) is 4.73. The summed E-state index contributed by atoms with van der Waals surface area (Å²) < 4.78 is 5.42. The maximum atomic E-state index is 11.1. The van der Waals surface area contributed by atoms with E-state index >= 15 is 0 Å². The molecule has 0 aliphatic carbocycles. The van der Waals surface area contributed by atoms with Crippen LogP contribution in [0.1, 0.15) is 13.3 Å². The molecule has 104 valence electrons. The van der Waals surface area contributed by atoms with E-state index in [1.165, 1.54) is 13.2 Å². The first kappa shape index (κ1) is 15.2. The van der Waals surface area contributed by atoms with Gasteiger partial charge in [-0.3, -0.25) is 14.9 Å². The number of hydrogen-bond acceptors (Lipinski definition) is 5. The fourth-order valence-corrected chi connectivity index (χ4v) is 2.02. The number of carboxylic acids is 1. The van der Waals surface area contributed by atoms with Gasteiger partial charge in [-0.2, -0.15) is 0 Å². The second kappa shape index (κ2) is 6.37.